The van der Waals surface area contributed by atoms with Crippen molar-refractivity contribution in [2.45, 2.75) is 13.8 Å². The highest BCUT2D eigenvalue weighted by Gasteiger charge is 2.15. The average Bonchev–Trinajstić information content (AvgIpc) is 2.36. The van der Waals surface area contributed by atoms with E-state index in [0.29, 0.717) is 21.7 Å². The van der Waals surface area contributed by atoms with Crippen LogP contribution in [0.25, 0.3) is 11.1 Å². The number of aromatic carboxylic acids is 1. The molecule has 0 aliphatic heterocycles. The zero-order valence-electron chi connectivity index (χ0n) is 10.5. The highest BCUT2D eigenvalue weighted by atomic mass is 35.5. The molecule has 98 valence electrons. The number of halogens is 2. The van der Waals surface area contributed by atoms with Crippen LogP contribution < -0.4 is 0 Å². The Morgan fingerprint density at radius 3 is 2.42 bits per heavy atom. The third kappa shape index (κ3) is 2.47. The summed E-state index contributed by atoms with van der Waals surface area (Å²) in [5, 5.41) is 9.28. The van der Waals surface area contributed by atoms with Crippen LogP contribution >= 0.6 is 11.6 Å². The van der Waals surface area contributed by atoms with Gasteiger partial charge >= 0.3 is 5.97 Å². The highest BCUT2D eigenvalue weighted by molar-refractivity contribution is 6.34. The Morgan fingerprint density at radius 1 is 1.16 bits per heavy atom. The molecular weight excluding hydrogens is 267 g/mol. The van der Waals surface area contributed by atoms with Crippen molar-refractivity contribution in [2.24, 2.45) is 0 Å². The SMILES string of the molecule is Cc1cc(C(=O)O)ccc1-c1c(F)ccc(C)c1Cl. The second-order valence-corrected chi connectivity index (χ2v) is 4.77. The first kappa shape index (κ1) is 13.6. The van der Waals surface area contributed by atoms with E-state index in [-0.39, 0.29) is 5.56 Å². The number of carboxylic acids is 1. The molecule has 0 aromatic heterocycles. The fourth-order valence-electron chi connectivity index (χ4n) is 1.98. The van der Waals surface area contributed by atoms with E-state index in [2.05, 4.69) is 0 Å². The van der Waals surface area contributed by atoms with Gasteiger partial charge in [-0.2, -0.15) is 0 Å². The van der Waals surface area contributed by atoms with E-state index in [9.17, 15) is 9.18 Å². The molecule has 1 N–H and O–H groups in total. The topological polar surface area (TPSA) is 37.3 Å². The molecule has 0 unspecified atom stereocenters. The molecule has 0 saturated carbocycles. The maximum Gasteiger partial charge on any atom is 0.335 e. The average molecular weight is 279 g/mol. The molecule has 2 aromatic rings. The third-order valence-electron chi connectivity index (χ3n) is 3.03. The first-order valence-corrected chi connectivity index (χ1v) is 6.08. The molecule has 0 amide bonds. The fourth-order valence-corrected chi connectivity index (χ4v) is 2.24. The van der Waals surface area contributed by atoms with Crippen LogP contribution in [0.15, 0.2) is 30.3 Å². The molecule has 0 fully saturated rings. The van der Waals surface area contributed by atoms with E-state index in [1.165, 1.54) is 18.2 Å². The zero-order chi connectivity index (χ0) is 14.2. The minimum atomic E-state index is -1.01. The van der Waals surface area contributed by atoms with Crippen LogP contribution in [0.3, 0.4) is 0 Å². The summed E-state index contributed by atoms with van der Waals surface area (Å²) in [7, 11) is 0. The lowest BCUT2D eigenvalue weighted by Crippen LogP contribution is -1.98. The van der Waals surface area contributed by atoms with Gasteiger partial charge in [-0.25, -0.2) is 9.18 Å². The number of carbonyl (C=O) groups is 1. The lowest BCUT2D eigenvalue weighted by atomic mass is 9.96. The van der Waals surface area contributed by atoms with Crippen molar-refractivity contribution in [1.82, 2.24) is 0 Å². The van der Waals surface area contributed by atoms with Gasteiger partial charge in [0.1, 0.15) is 5.82 Å². The normalized spacial score (nSPS) is 10.5. The number of hydrogen-bond acceptors (Lipinski definition) is 1. The minimum absolute atomic E-state index is 0.172. The number of rotatable bonds is 2. The summed E-state index contributed by atoms with van der Waals surface area (Å²) in [5.41, 5.74) is 2.55. The van der Waals surface area contributed by atoms with Gasteiger partial charge in [0, 0.05) is 5.56 Å². The molecular formula is C15H12ClFO2. The molecule has 19 heavy (non-hydrogen) atoms. The smallest absolute Gasteiger partial charge is 0.335 e. The molecule has 0 bridgehead atoms. The van der Waals surface area contributed by atoms with Gasteiger partial charge in [-0.1, -0.05) is 23.7 Å². The van der Waals surface area contributed by atoms with Crippen LogP contribution in [0.5, 0.6) is 0 Å². The Balaban J connectivity index is 2.66. The second-order valence-electron chi connectivity index (χ2n) is 4.39. The Labute approximate surface area is 115 Å². The van der Waals surface area contributed by atoms with Gasteiger partial charge in [-0.05, 0) is 48.7 Å². The number of hydrogen-bond donors (Lipinski definition) is 1. The van der Waals surface area contributed by atoms with E-state index in [1.807, 2.05) is 0 Å². The summed E-state index contributed by atoms with van der Waals surface area (Å²) in [6, 6.07) is 7.52. The van der Waals surface area contributed by atoms with Crippen molar-refractivity contribution in [3.05, 3.63) is 57.9 Å². The molecule has 0 spiro atoms. The Morgan fingerprint density at radius 2 is 1.84 bits per heavy atom. The molecule has 2 aromatic carbocycles. The van der Waals surface area contributed by atoms with Gasteiger partial charge in [0.05, 0.1) is 10.6 Å². The van der Waals surface area contributed by atoms with E-state index in [4.69, 9.17) is 16.7 Å². The fraction of sp³-hybridized carbons (Fsp3) is 0.133. The van der Waals surface area contributed by atoms with Gasteiger partial charge in [-0.15, -0.1) is 0 Å². The van der Waals surface area contributed by atoms with E-state index < -0.39 is 11.8 Å². The number of carboxylic acid groups (broad SMARTS) is 1. The van der Waals surface area contributed by atoms with Crippen LogP contribution in [0.4, 0.5) is 4.39 Å². The predicted octanol–water partition coefficient (Wildman–Crippen LogP) is 4.46. The lowest BCUT2D eigenvalue weighted by molar-refractivity contribution is 0.0697. The van der Waals surface area contributed by atoms with Crippen LogP contribution in [-0.2, 0) is 0 Å². The van der Waals surface area contributed by atoms with Gasteiger partial charge in [0.15, 0.2) is 0 Å². The quantitative estimate of drug-likeness (QED) is 0.880. The van der Waals surface area contributed by atoms with Crippen molar-refractivity contribution >= 4 is 17.6 Å². The van der Waals surface area contributed by atoms with Crippen molar-refractivity contribution in [3.8, 4) is 11.1 Å². The standard InChI is InChI=1S/C15H12ClFO2/c1-8-3-6-12(17)13(14(8)16)11-5-4-10(15(18)19)7-9(11)2/h3-7H,1-2H3,(H,18,19). The maximum atomic E-state index is 14.0. The molecule has 0 aliphatic rings. The van der Waals surface area contributed by atoms with Crippen LogP contribution in [0, 0.1) is 19.7 Å². The molecule has 0 saturated heterocycles. The summed E-state index contributed by atoms with van der Waals surface area (Å²) in [6.07, 6.45) is 0. The van der Waals surface area contributed by atoms with Gasteiger partial charge < -0.3 is 5.11 Å². The summed E-state index contributed by atoms with van der Waals surface area (Å²) in [5.74, 6) is -1.42. The van der Waals surface area contributed by atoms with Crippen molar-refractivity contribution in [1.29, 1.82) is 0 Å². The summed E-state index contributed by atoms with van der Waals surface area (Å²) < 4.78 is 14.0. The van der Waals surface area contributed by atoms with Gasteiger partial charge in [0.25, 0.3) is 0 Å². The van der Waals surface area contributed by atoms with E-state index >= 15 is 0 Å². The van der Waals surface area contributed by atoms with Crippen molar-refractivity contribution in [2.75, 3.05) is 0 Å². The summed E-state index contributed by atoms with van der Waals surface area (Å²) in [6.45, 7) is 3.53. The Bertz CT molecular complexity index is 665. The Kier molecular flexibility index (Phi) is 3.58. The molecule has 2 nitrogen and oxygen atoms in total. The molecule has 0 radical (unpaired) electrons. The lowest BCUT2D eigenvalue weighted by Gasteiger charge is -2.12. The third-order valence-corrected chi connectivity index (χ3v) is 3.51. The largest absolute Gasteiger partial charge is 0.478 e. The summed E-state index contributed by atoms with van der Waals surface area (Å²) >= 11 is 6.15. The number of benzene rings is 2. The highest BCUT2D eigenvalue weighted by Crippen LogP contribution is 2.35. The molecule has 2 rings (SSSR count). The molecule has 0 aliphatic carbocycles. The molecule has 0 atom stereocenters. The number of aryl methyl sites for hydroxylation is 2. The van der Waals surface area contributed by atoms with Crippen molar-refractivity contribution in [3.63, 3.8) is 0 Å². The molecule has 0 heterocycles. The van der Waals surface area contributed by atoms with Crippen LogP contribution in [-0.4, -0.2) is 11.1 Å². The predicted molar refractivity (Wildman–Crippen MR) is 73.3 cm³/mol. The monoisotopic (exact) mass is 278 g/mol. The Hall–Kier alpha value is -1.87. The zero-order valence-corrected chi connectivity index (χ0v) is 11.3. The molecule has 4 heteroatoms. The minimum Gasteiger partial charge on any atom is -0.478 e. The van der Waals surface area contributed by atoms with Crippen molar-refractivity contribution < 1.29 is 14.3 Å². The van der Waals surface area contributed by atoms with Crippen LogP contribution in [0.2, 0.25) is 5.02 Å². The second kappa shape index (κ2) is 5.02. The first-order chi connectivity index (χ1) is 8.91. The van der Waals surface area contributed by atoms with E-state index in [1.54, 1.807) is 26.0 Å². The van der Waals surface area contributed by atoms with Gasteiger partial charge in [0.2, 0.25) is 0 Å². The maximum absolute atomic E-state index is 14.0. The van der Waals surface area contributed by atoms with E-state index in [0.717, 1.165) is 5.56 Å². The summed E-state index contributed by atoms with van der Waals surface area (Å²) in [4.78, 5) is 10.9. The van der Waals surface area contributed by atoms with Gasteiger partial charge in [-0.3, -0.25) is 0 Å². The first-order valence-electron chi connectivity index (χ1n) is 5.70. The van der Waals surface area contributed by atoms with Crippen LogP contribution in [0.1, 0.15) is 21.5 Å².